The third-order valence-corrected chi connectivity index (χ3v) is 4.34. The van der Waals surface area contributed by atoms with E-state index in [0.717, 1.165) is 35.4 Å². The first-order valence-corrected chi connectivity index (χ1v) is 6.76. The van der Waals surface area contributed by atoms with Crippen LogP contribution in [-0.2, 0) is 16.0 Å². The Bertz CT molecular complexity index is 342. The largest absolute Gasteiger partial charge is 0.381 e. The van der Waals surface area contributed by atoms with Crippen LogP contribution in [0.5, 0.6) is 0 Å². The molecule has 1 aliphatic rings. The van der Waals surface area contributed by atoms with Gasteiger partial charge in [-0.3, -0.25) is 4.79 Å². The summed E-state index contributed by atoms with van der Waals surface area (Å²) in [6.07, 6.45) is 2.37. The van der Waals surface area contributed by atoms with Crippen LogP contribution in [0, 0.1) is 5.92 Å². The van der Waals surface area contributed by atoms with Crippen LogP contribution >= 0.6 is 27.3 Å². The number of hydrogen-bond donors (Lipinski definition) is 0. The number of Topliss-reactive ketones (excluding diaryl/α,β-unsaturated/α-hetero) is 1. The summed E-state index contributed by atoms with van der Waals surface area (Å²) in [5.41, 5.74) is 0. The van der Waals surface area contributed by atoms with E-state index in [9.17, 15) is 4.79 Å². The molecule has 1 saturated heterocycles. The molecule has 0 unspecified atom stereocenters. The van der Waals surface area contributed by atoms with E-state index in [1.54, 1.807) is 11.3 Å². The molecule has 0 bridgehead atoms. The van der Waals surface area contributed by atoms with E-state index in [2.05, 4.69) is 15.9 Å². The minimum Gasteiger partial charge on any atom is -0.381 e. The summed E-state index contributed by atoms with van der Waals surface area (Å²) in [5, 5.41) is 2.02. The Kier molecular flexibility index (Phi) is 3.94. The molecule has 2 nitrogen and oxygen atoms in total. The van der Waals surface area contributed by atoms with Crippen LogP contribution in [-0.4, -0.2) is 19.0 Å². The van der Waals surface area contributed by atoms with Crippen LogP contribution < -0.4 is 0 Å². The molecule has 2 heterocycles. The monoisotopic (exact) mass is 288 g/mol. The van der Waals surface area contributed by atoms with Crippen LogP contribution in [0.25, 0.3) is 0 Å². The van der Waals surface area contributed by atoms with Gasteiger partial charge in [-0.1, -0.05) is 0 Å². The van der Waals surface area contributed by atoms with Gasteiger partial charge >= 0.3 is 0 Å². The van der Waals surface area contributed by atoms with Gasteiger partial charge < -0.3 is 4.74 Å². The third-order valence-electron chi connectivity index (χ3n) is 2.65. The second-order valence-corrected chi connectivity index (χ2v) is 5.67. The summed E-state index contributed by atoms with van der Waals surface area (Å²) < 4.78 is 6.32. The van der Waals surface area contributed by atoms with Crippen LogP contribution in [0.1, 0.15) is 17.7 Å². The molecule has 0 aromatic carbocycles. The van der Waals surface area contributed by atoms with Gasteiger partial charge in [0.25, 0.3) is 0 Å². The van der Waals surface area contributed by atoms with Crippen molar-refractivity contribution in [1.82, 2.24) is 0 Å². The Morgan fingerprint density at radius 1 is 1.53 bits per heavy atom. The molecule has 0 amide bonds. The topological polar surface area (TPSA) is 26.3 Å². The second kappa shape index (κ2) is 5.23. The minimum absolute atomic E-state index is 0.222. The fraction of sp³-hybridized carbons (Fsp3) is 0.545. The van der Waals surface area contributed by atoms with Gasteiger partial charge in [0.15, 0.2) is 0 Å². The molecule has 82 valence electrons. The average Bonchev–Trinajstić information content (AvgIpc) is 2.65. The van der Waals surface area contributed by atoms with E-state index in [4.69, 9.17) is 4.74 Å². The number of hydrogen-bond acceptors (Lipinski definition) is 3. The van der Waals surface area contributed by atoms with Crippen molar-refractivity contribution in [2.24, 2.45) is 5.92 Å². The van der Waals surface area contributed by atoms with Gasteiger partial charge in [-0.25, -0.2) is 0 Å². The van der Waals surface area contributed by atoms with Gasteiger partial charge in [0.2, 0.25) is 0 Å². The first-order chi connectivity index (χ1) is 7.25. The zero-order valence-corrected chi connectivity index (χ0v) is 10.8. The number of rotatable bonds is 3. The maximum Gasteiger partial charge on any atom is 0.141 e. The summed E-state index contributed by atoms with van der Waals surface area (Å²) in [6.45, 7) is 1.48. The van der Waals surface area contributed by atoms with Crippen molar-refractivity contribution in [3.8, 4) is 0 Å². The standard InChI is InChI=1S/C11H13BrO2S/c12-9-5-10(15-7-9)6-11(13)8-1-3-14-4-2-8/h5,7-8H,1-4,6H2. The van der Waals surface area contributed by atoms with Gasteiger partial charge in [0, 0.05) is 40.3 Å². The van der Waals surface area contributed by atoms with E-state index in [1.165, 1.54) is 0 Å². The molecule has 2 rings (SSSR count). The average molecular weight is 289 g/mol. The highest BCUT2D eigenvalue weighted by Gasteiger charge is 2.21. The summed E-state index contributed by atoms with van der Waals surface area (Å²) in [4.78, 5) is 13.1. The van der Waals surface area contributed by atoms with E-state index < -0.39 is 0 Å². The molecular weight excluding hydrogens is 276 g/mol. The Hall–Kier alpha value is -0.190. The summed E-state index contributed by atoms with van der Waals surface area (Å²) in [5.74, 6) is 0.590. The van der Waals surface area contributed by atoms with Crippen molar-refractivity contribution >= 4 is 33.0 Å². The van der Waals surface area contributed by atoms with Gasteiger partial charge in [-0.2, -0.15) is 0 Å². The first kappa shape index (κ1) is 11.3. The second-order valence-electron chi connectivity index (χ2n) is 3.76. The molecule has 0 N–H and O–H groups in total. The van der Waals surface area contributed by atoms with Crippen molar-refractivity contribution < 1.29 is 9.53 Å². The van der Waals surface area contributed by atoms with Gasteiger partial charge in [-0.15, -0.1) is 11.3 Å². The number of carbonyl (C=O) groups excluding carboxylic acids is 1. The molecule has 1 aromatic heterocycles. The Morgan fingerprint density at radius 3 is 2.87 bits per heavy atom. The number of ether oxygens (including phenoxy) is 1. The maximum atomic E-state index is 11.9. The highest BCUT2D eigenvalue weighted by Crippen LogP contribution is 2.23. The molecule has 0 aliphatic carbocycles. The first-order valence-electron chi connectivity index (χ1n) is 5.09. The smallest absolute Gasteiger partial charge is 0.141 e. The van der Waals surface area contributed by atoms with Crippen molar-refractivity contribution in [3.63, 3.8) is 0 Å². The predicted octanol–water partition coefficient (Wildman–Crippen LogP) is 3.05. The van der Waals surface area contributed by atoms with Crippen molar-refractivity contribution in [1.29, 1.82) is 0 Å². The zero-order valence-electron chi connectivity index (χ0n) is 8.37. The number of thiophene rings is 1. The summed E-state index contributed by atoms with van der Waals surface area (Å²) in [6, 6.07) is 2.03. The number of halogens is 1. The van der Waals surface area contributed by atoms with E-state index in [1.807, 2.05) is 11.4 Å². The molecule has 0 saturated carbocycles. The molecule has 15 heavy (non-hydrogen) atoms. The molecular formula is C11H13BrO2S. The Labute approximate surface area is 102 Å². The zero-order chi connectivity index (χ0) is 10.7. The summed E-state index contributed by atoms with van der Waals surface area (Å²) >= 11 is 5.04. The maximum absolute atomic E-state index is 11.9. The van der Waals surface area contributed by atoms with Crippen molar-refractivity contribution in [2.45, 2.75) is 19.3 Å². The molecule has 1 aromatic rings. The Balaban J connectivity index is 1.91. The highest BCUT2D eigenvalue weighted by atomic mass is 79.9. The van der Waals surface area contributed by atoms with Crippen molar-refractivity contribution in [2.75, 3.05) is 13.2 Å². The quantitative estimate of drug-likeness (QED) is 0.855. The van der Waals surface area contributed by atoms with Crippen molar-refractivity contribution in [3.05, 3.63) is 20.8 Å². The molecule has 0 radical (unpaired) electrons. The normalized spacial score (nSPS) is 17.9. The molecule has 1 aliphatic heterocycles. The fourth-order valence-corrected chi connectivity index (χ4v) is 3.24. The molecule has 0 atom stereocenters. The lowest BCUT2D eigenvalue weighted by atomic mass is 9.93. The van der Waals surface area contributed by atoms with Crippen LogP contribution in [0.15, 0.2) is 15.9 Å². The number of ketones is 1. The lowest BCUT2D eigenvalue weighted by Crippen LogP contribution is -2.24. The minimum atomic E-state index is 0.222. The van der Waals surface area contributed by atoms with Gasteiger partial charge in [0.1, 0.15) is 5.78 Å². The molecule has 0 spiro atoms. The third kappa shape index (κ3) is 3.13. The molecule has 4 heteroatoms. The van der Waals surface area contributed by atoms with E-state index in [0.29, 0.717) is 12.2 Å². The number of carbonyl (C=O) groups is 1. The lowest BCUT2D eigenvalue weighted by molar-refractivity contribution is -0.124. The predicted molar refractivity (Wildman–Crippen MR) is 64.3 cm³/mol. The SMILES string of the molecule is O=C(Cc1cc(Br)cs1)C1CCOCC1. The van der Waals surface area contributed by atoms with Crippen LogP contribution in [0.4, 0.5) is 0 Å². The summed E-state index contributed by atoms with van der Waals surface area (Å²) in [7, 11) is 0. The molecule has 1 fully saturated rings. The Morgan fingerprint density at radius 2 is 2.27 bits per heavy atom. The fourth-order valence-electron chi connectivity index (χ4n) is 1.78. The van der Waals surface area contributed by atoms with Gasteiger partial charge in [0.05, 0.1) is 0 Å². The van der Waals surface area contributed by atoms with Crippen LogP contribution in [0.3, 0.4) is 0 Å². The van der Waals surface area contributed by atoms with E-state index in [-0.39, 0.29) is 5.92 Å². The van der Waals surface area contributed by atoms with Gasteiger partial charge in [-0.05, 0) is 34.8 Å². The lowest BCUT2D eigenvalue weighted by Gasteiger charge is -2.20. The highest BCUT2D eigenvalue weighted by molar-refractivity contribution is 9.10. The van der Waals surface area contributed by atoms with Crippen LogP contribution in [0.2, 0.25) is 0 Å². The van der Waals surface area contributed by atoms with E-state index >= 15 is 0 Å².